The molecule has 0 radical (unpaired) electrons. The van der Waals surface area contributed by atoms with Gasteiger partial charge in [-0.2, -0.15) is 13.2 Å². The summed E-state index contributed by atoms with van der Waals surface area (Å²) in [6.45, 7) is 0.0811. The molecule has 0 fully saturated rings. The van der Waals surface area contributed by atoms with Crippen LogP contribution in [0.1, 0.15) is 27.2 Å². The number of amides is 1. The largest absolute Gasteiger partial charge is 0.428 e. The summed E-state index contributed by atoms with van der Waals surface area (Å²) in [6, 6.07) is 12.0. The number of benzene rings is 2. The van der Waals surface area contributed by atoms with Gasteiger partial charge in [-0.05, 0) is 48.5 Å². The molecule has 3 aromatic rings. The van der Waals surface area contributed by atoms with Crippen molar-refractivity contribution in [2.75, 3.05) is 0 Å². The van der Waals surface area contributed by atoms with Gasteiger partial charge in [0.2, 0.25) is 5.60 Å². The maximum atomic E-state index is 14.7. The quantitative estimate of drug-likeness (QED) is 0.425. The average molecular weight is 512 g/mol. The lowest BCUT2D eigenvalue weighted by Crippen LogP contribution is -2.42. The van der Waals surface area contributed by atoms with Crippen molar-refractivity contribution >= 4 is 34.8 Å². The van der Waals surface area contributed by atoms with Crippen LogP contribution in [0.2, 0.25) is 10.0 Å². The zero-order valence-electron chi connectivity index (χ0n) is 17.1. The van der Waals surface area contributed by atoms with Crippen molar-refractivity contribution in [1.82, 2.24) is 15.8 Å². The van der Waals surface area contributed by atoms with Gasteiger partial charge in [0.05, 0.1) is 23.5 Å². The van der Waals surface area contributed by atoms with Crippen molar-refractivity contribution in [3.63, 3.8) is 0 Å². The lowest BCUT2D eigenvalue weighted by atomic mass is 9.91. The summed E-state index contributed by atoms with van der Waals surface area (Å²) < 4.78 is 57.0. The van der Waals surface area contributed by atoms with E-state index in [1.54, 1.807) is 24.4 Å². The fraction of sp³-hybridized carbons (Fsp3) is 0.130. The smallest absolute Gasteiger partial charge is 0.346 e. The first kappa shape index (κ1) is 24.0. The molecule has 0 aliphatic carbocycles. The van der Waals surface area contributed by atoms with E-state index >= 15 is 0 Å². The topological polar surface area (TPSA) is 63.2 Å². The number of aromatic nitrogens is 1. The van der Waals surface area contributed by atoms with Crippen molar-refractivity contribution in [3.8, 4) is 0 Å². The molecule has 1 atom stereocenters. The third kappa shape index (κ3) is 4.72. The highest BCUT2D eigenvalue weighted by Gasteiger charge is 2.59. The molecule has 1 aromatic heterocycles. The first-order valence-electron chi connectivity index (χ1n) is 9.77. The predicted molar refractivity (Wildman–Crippen MR) is 118 cm³/mol. The lowest BCUT2D eigenvalue weighted by molar-refractivity contribution is -0.269. The molecule has 11 heteroatoms. The molecule has 4 rings (SSSR count). The van der Waals surface area contributed by atoms with E-state index in [2.05, 4.69) is 15.8 Å². The molecule has 1 unspecified atom stereocenters. The van der Waals surface area contributed by atoms with Crippen LogP contribution in [0.4, 0.5) is 17.6 Å². The minimum Gasteiger partial charge on any atom is -0.346 e. The number of hydroxylamine groups is 1. The Kier molecular flexibility index (Phi) is 6.53. The Bertz CT molecular complexity index is 1250. The highest BCUT2D eigenvalue weighted by Crippen LogP contribution is 2.48. The van der Waals surface area contributed by atoms with Crippen LogP contribution in [0.25, 0.3) is 5.70 Å². The Morgan fingerprint density at radius 1 is 1.09 bits per heavy atom. The van der Waals surface area contributed by atoms with E-state index in [0.717, 1.165) is 24.3 Å². The summed E-state index contributed by atoms with van der Waals surface area (Å²) in [6.07, 6.45) is -2.58. The summed E-state index contributed by atoms with van der Waals surface area (Å²) >= 11 is 11.8. The van der Waals surface area contributed by atoms with E-state index in [0.29, 0.717) is 5.69 Å². The van der Waals surface area contributed by atoms with E-state index in [1.165, 1.54) is 18.2 Å². The monoisotopic (exact) mass is 511 g/mol. The summed E-state index contributed by atoms with van der Waals surface area (Å²) in [5, 5.41) is 2.52. The number of rotatable bonds is 5. The molecule has 2 aromatic carbocycles. The van der Waals surface area contributed by atoms with Gasteiger partial charge in [-0.15, -0.1) is 0 Å². The number of carbonyl (C=O) groups is 1. The molecule has 0 saturated carbocycles. The molecule has 34 heavy (non-hydrogen) atoms. The first-order chi connectivity index (χ1) is 16.1. The van der Waals surface area contributed by atoms with Gasteiger partial charge in [0.1, 0.15) is 5.82 Å². The maximum Gasteiger partial charge on any atom is 0.428 e. The zero-order chi connectivity index (χ0) is 24.5. The molecular formula is C23H15Cl2F4N3O2. The molecule has 1 aliphatic rings. The van der Waals surface area contributed by atoms with Crippen LogP contribution in [0.3, 0.4) is 0 Å². The maximum absolute atomic E-state index is 14.7. The fourth-order valence-electron chi connectivity index (χ4n) is 3.39. The molecule has 2 N–H and O–H groups in total. The molecule has 5 nitrogen and oxygen atoms in total. The third-order valence-electron chi connectivity index (χ3n) is 5.06. The highest BCUT2D eigenvalue weighted by atomic mass is 35.5. The number of hydrogen-bond acceptors (Lipinski definition) is 4. The number of pyridine rings is 1. The fourth-order valence-corrected chi connectivity index (χ4v) is 3.92. The van der Waals surface area contributed by atoms with Gasteiger partial charge >= 0.3 is 6.18 Å². The minimum atomic E-state index is -4.90. The molecule has 176 valence electrons. The van der Waals surface area contributed by atoms with E-state index in [4.69, 9.17) is 28.0 Å². The zero-order valence-corrected chi connectivity index (χ0v) is 18.6. The summed E-state index contributed by atoms with van der Waals surface area (Å²) in [7, 11) is 0. The summed E-state index contributed by atoms with van der Waals surface area (Å²) in [5.74, 6) is -1.62. The predicted octanol–water partition coefficient (Wildman–Crippen LogP) is 5.79. The second kappa shape index (κ2) is 9.25. The molecule has 1 aliphatic heterocycles. The number of halogens is 6. The van der Waals surface area contributed by atoms with Gasteiger partial charge in [0.15, 0.2) is 0 Å². The van der Waals surface area contributed by atoms with Crippen LogP contribution in [0.5, 0.6) is 0 Å². The Hall–Kier alpha value is -3.14. The molecular weight excluding hydrogens is 497 g/mol. The van der Waals surface area contributed by atoms with E-state index in [9.17, 15) is 22.4 Å². The van der Waals surface area contributed by atoms with Crippen LogP contribution < -0.4 is 10.8 Å². The second-order valence-electron chi connectivity index (χ2n) is 7.35. The number of carbonyl (C=O) groups excluding carboxylic acids is 1. The van der Waals surface area contributed by atoms with Gasteiger partial charge in [0, 0.05) is 27.4 Å². The molecule has 0 saturated heterocycles. The van der Waals surface area contributed by atoms with Crippen LogP contribution >= 0.6 is 23.2 Å². The lowest BCUT2D eigenvalue weighted by Gasteiger charge is -2.28. The van der Waals surface area contributed by atoms with Crippen molar-refractivity contribution in [1.29, 1.82) is 0 Å². The number of nitrogens with one attached hydrogen (secondary N) is 2. The summed E-state index contributed by atoms with van der Waals surface area (Å²) in [4.78, 5) is 21.4. The Labute approximate surface area is 201 Å². The van der Waals surface area contributed by atoms with Crippen molar-refractivity contribution in [2.45, 2.75) is 18.3 Å². The third-order valence-corrected chi connectivity index (χ3v) is 5.50. The number of hydrogen-bond donors (Lipinski definition) is 2. The number of alkyl halides is 3. The van der Waals surface area contributed by atoms with Gasteiger partial charge in [-0.3, -0.25) is 20.1 Å². The van der Waals surface area contributed by atoms with Gasteiger partial charge < -0.3 is 5.32 Å². The number of nitrogens with zero attached hydrogens (tertiary/aromatic N) is 1. The molecule has 1 amide bonds. The van der Waals surface area contributed by atoms with Crippen molar-refractivity contribution in [2.24, 2.45) is 0 Å². The van der Waals surface area contributed by atoms with E-state index in [1.807, 2.05) is 0 Å². The van der Waals surface area contributed by atoms with Crippen molar-refractivity contribution < 1.29 is 27.2 Å². The van der Waals surface area contributed by atoms with Crippen molar-refractivity contribution in [3.05, 3.63) is 105 Å². The van der Waals surface area contributed by atoms with E-state index in [-0.39, 0.29) is 39.0 Å². The Morgan fingerprint density at radius 2 is 1.82 bits per heavy atom. The van der Waals surface area contributed by atoms with Gasteiger partial charge in [0.25, 0.3) is 5.91 Å². The minimum absolute atomic E-state index is 0.0105. The first-order valence-corrected chi connectivity index (χ1v) is 10.5. The SMILES string of the molecule is O=C(NCc1ccccn1)c1ccc(C2=CC(c3cc(Cl)cc(Cl)c3)(C(F)(F)F)ON2)cc1F. The second-order valence-corrected chi connectivity index (χ2v) is 8.22. The average Bonchev–Trinajstić information content (AvgIpc) is 3.25. The van der Waals surface area contributed by atoms with E-state index < -0.39 is 23.5 Å². The Balaban J connectivity index is 1.61. The van der Waals surface area contributed by atoms with Crippen LogP contribution in [-0.2, 0) is 17.0 Å². The van der Waals surface area contributed by atoms with Gasteiger partial charge in [-0.1, -0.05) is 35.3 Å². The van der Waals surface area contributed by atoms with Crippen LogP contribution in [-0.4, -0.2) is 17.1 Å². The van der Waals surface area contributed by atoms with Crippen LogP contribution in [0, 0.1) is 5.82 Å². The van der Waals surface area contributed by atoms with Crippen LogP contribution in [0.15, 0.2) is 66.9 Å². The highest BCUT2D eigenvalue weighted by molar-refractivity contribution is 6.34. The van der Waals surface area contributed by atoms with Gasteiger partial charge in [-0.25, -0.2) is 4.39 Å². The molecule has 0 bridgehead atoms. The normalized spacial score (nSPS) is 17.8. The molecule has 2 heterocycles. The summed E-state index contributed by atoms with van der Waals surface area (Å²) in [5.41, 5.74) is -0.859. The standard InChI is InChI=1S/C23H15Cl2F4N3O2/c24-15-8-14(9-16(25)10-15)22(23(27,28)29)11-20(32-34-22)13-4-5-18(19(26)7-13)21(33)31-12-17-3-1-2-6-30-17/h1-11,32H,12H2,(H,31,33). The molecule has 0 spiro atoms. The Morgan fingerprint density at radius 3 is 2.44 bits per heavy atom.